The molecule has 2 rings (SSSR count). The van der Waals surface area contributed by atoms with Crippen molar-refractivity contribution in [1.29, 1.82) is 0 Å². The number of carbonyl (C=O) groups is 2. The highest BCUT2D eigenvalue weighted by Crippen LogP contribution is 2.14. The van der Waals surface area contributed by atoms with Gasteiger partial charge in [-0.2, -0.15) is 0 Å². The summed E-state index contributed by atoms with van der Waals surface area (Å²) < 4.78 is 5.03. The molecule has 1 aromatic carbocycles. The van der Waals surface area contributed by atoms with Crippen molar-refractivity contribution < 1.29 is 19.1 Å². The molecule has 0 spiro atoms. The summed E-state index contributed by atoms with van der Waals surface area (Å²) >= 11 is 0. The van der Waals surface area contributed by atoms with E-state index in [2.05, 4.69) is 4.98 Å². The van der Waals surface area contributed by atoms with Crippen LogP contribution in [0, 0.1) is 6.92 Å². The number of hydrogen-bond donors (Lipinski definition) is 1. The van der Waals surface area contributed by atoms with Crippen LogP contribution in [0.3, 0.4) is 0 Å². The van der Waals surface area contributed by atoms with E-state index in [4.69, 9.17) is 4.42 Å². The van der Waals surface area contributed by atoms with Gasteiger partial charge in [0, 0.05) is 13.5 Å². The zero-order valence-corrected chi connectivity index (χ0v) is 11.8. The van der Waals surface area contributed by atoms with E-state index in [1.807, 2.05) is 30.3 Å². The minimum Gasteiger partial charge on any atom is -0.480 e. The van der Waals surface area contributed by atoms with E-state index in [0.29, 0.717) is 5.69 Å². The summed E-state index contributed by atoms with van der Waals surface area (Å²) in [4.78, 5) is 28.8. The van der Waals surface area contributed by atoms with Gasteiger partial charge in [0.1, 0.15) is 6.04 Å². The third-order valence-electron chi connectivity index (χ3n) is 3.28. The van der Waals surface area contributed by atoms with Crippen molar-refractivity contribution >= 4 is 11.9 Å². The molecule has 1 heterocycles. The Hall–Kier alpha value is -2.63. The van der Waals surface area contributed by atoms with E-state index in [-0.39, 0.29) is 12.2 Å². The Morgan fingerprint density at radius 1 is 1.33 bits per heavy atom. The lowest BCUT2D eigenvalue weighted by Gasteiger charge is -2.24. The summed E-state index contributed by atoms with van der Waals surface area (Å²) in [6.45, 7) is 1.64. The number of rotatable bonds is 5. The summed E-state index contributed by atoms with van der Waals surface area (Å²) in [6, 6.07) is 8.20. The molecule has 0 saturated heterocycles. The number of carbonyl (C=O) groups excluding carboxylic acids is 1. The Balaban J connectivity index is 2.20. The maximum Gasteiger partial charge on any atom is 0.326 e. The van der Waals surface area contributed by atoms with Gasteiger partial charge in [-0.15, -0.1) is 0 Å². The number of benzene rings is 1. The Labute approximate surface area is 122 Å². The smallest absolute Gasteiger partial charge is 0.326 e. The molecule has 0 aliphatic heterocycles. The topological polar surface area (TPSA) is 83.6 Å². The fourth-order valence-corrected chi connectivity index (χ4v) is 2.04. The van der Waals surface area contributed by atoms with Crippen molar-refractivity contribution in [3.8, 4) is 0 Å². The quantitative estimate of drug-likeness (QED) is 0.906. The molecule has 0 bridgehead atoms. The van der Waals surface area contributed by atoms with Crippen LogP contribution < -0.4 is 0 Å². The number of aliphatic carboxylic acids is 1. The number of carboxylic acids is 1. The second-order valence-corrected chi connectivity index (χ2v) is 4.73. The first-order valence-corrected chi connectivity index (χ1v) is 6.44. The van der Waals surface area contributed by atoms with Gasteiger partial charge in [-0.05, 0) is 12.5 Å². The molecule has 0 aliphatic rings. The Kier molecular flexibility index (Phi) is 4.37. The van der Waals surface area contributed by atoms with Gasteiger partial charge in [0.25, 0.3) is 5.91 Å². The largest absolute Gasteiger partial charge is 0.480 e. The molecular weight excluding hydrogens is 272 g/mol. The summed E-state index contributed by atoms with van der Waals surface area (Å²) in [5, 5.41) is 9.38. The maximum atomic E-state index is 12.3. The summed E-state index contributed by atoms with van der Waals surface area (Å²) in [5.74, 6) is -1.49. The summed E-state index contributed by atoms with van der Waals surface area (Å²) in [6.07, 6.45) is 1.40. The van der Waals surface area contributed by atoms with Crippen LogP contribution in [0.4, 0.5) is 0 Å². The molecule has 1 atom stereocenters. The first-order valence-electron chi connectivity index (χ1n) is 6.44. The molecule has 1 amide bonds. The highest BCUT2D eigenvalue weighted by Gasteiger charge is 2.30. The fourth-order valence-electron chi connectivity index (χ4n) is 2.04. The Morgan fingerprint density at radius 3 is 2.52 bits per heavy atom. The summed E-state index contributed by atoms with van der Waals surface area (Å²) in [7, 11) is 1.45. The zero-order valence-electron chi connectivity index (χ0n) is 11.8. The molecule has 1 aromatic heterocycles. The van der Waals surface area contributed by atoms with Crippen molar-refractivity contribution in [1.82, 2.24) is 9.88 Å². The van der Waals surface area contributed by atoms with Gasteiger partial charge in [0.05, 0.1) is 5.69 Å². The number of likely N-dealkylation sites (N-methyl/N-ethyl adjacent to an activating group) is 1. The number of nitrogens with zero attached hydrogens (tertiary/aromatic N) is 2. The maximum absolute atomic E-state index is 12.3. The van der Waals surface area contributed by atoms with Crippen LogP contribution in [0.1, 0.15) is 21.8 Å². The highest BCUT2D eigenvalue weighted by molar-refractivity contribution is 5.94. The number of amides is 1. The number of aromatic nitrogens is 1. The van der Waals surface area contributed by atoms with Gasteiger partial charge in [-0.25, -0.2) is 9.78 Å². The molecule has 0 fully saturated rings. The van der Waals surface area contributed by atoms with Gasteiger partial charge < -0.3 is 14.4 Å². The van der Waals surface area contributed by atoms with E-state index in [9.17, 15) is 14.7 Å². The Morgan fingerprint density at radius 2 is 2.00 bits per heavy atom. The molecule has 6 nitrogen and oxygen atoms in total. The van der Waals surface area contributed by atoms with Crippen LogP contribution in [-0.2, 0) is 11.2 Å². The lowest BCUT2D eigenvalue weighted by Crippen LogP contribution is -2.44. The third kappa shape index (κ3) is 3.28. The van der Waals surface area contributed by atoms with Crippen LogP contribution in [0.25, 0.3) is 0 Å². The Bertz CT molecular complexity index is 636. The number of oxazole rings is 1. The number of hydrogen-bond acceptors (Lipinski definition) is 4. The molecule has 6 heteroatoms. The van der Waals surface area contributed by atoms with E-state index < -0.39 is 17.9 Å². The third-order valence-corrected chi connectivity index (χ3v) is 3.28. The van der Waals surface area contributed by atoms with Crippen molar-refractivity contribution in [2.75, 3.05) is 7.05 Å². The molecule has 2 aromatic rings. The normalized spacial score (nSPS) is 11.9. The fraction of sp³-hybridized carbons (Fsp3) is 0.267. The van der Waals surface area contributed by atoms with Gasteiger partial charge in [-0.3, -0.25) is 4.79 Å². The van der Waals surface area contributed by atoms with Crippen molar-refractivity contribution in [3.05, 3.63) is 53.7 Å². The first kappa shape index (κ1) is 14.8. The SMILES string of the molecule is Cc1ncoc1C(=O)N(C)C(Cc1ccccc1)C(=O)O. The molecule has 1 N–H and O–H groups in total. The van der Waals surface area contributed by atoms with Crippen LogP contribution >= 0.6 is 0 Å². The minimum atomic E-state index is -1.06. The van der Waals surface area contributed by atoms with Gasteiger partial charge >= 0.3 is 5.97 Å². The highest BCUT2D eigenvalue weighted by atomic mass is 16.4. The molecular formula is C15H16N2O4. The first-order chi connectivity index (χ1) is 10.0. The minimum absolute atomic E-state index is 0.0665. The summed E-state index contributed by atoms with van der Waals surface area (Å²) in [5.41, 5.74) is 1.29. The molecule has 0 saturated carbocycles. The van der Waals surface area contributed by atoms with E-state index in [1.54, 1.807) is 6.92 Å². The molecule has 0 aliphatic carbocycles. The van der Waals surface area contributed by atoms with Crippen LogP contribution in [0.5, 0.6) is 0 Å². The molecule has 0 radical (unpaired) electrons. The predicted octanol–water partition coefficient (Wildman–Crippen LogP) is 1.75. The van der Waals surface area contributed by atoms with Gasteiger partial charge in [0.2, 0.25) is 5.76 Å². The zero-order chi connectivity index (χ0) is 15.4. The number of aryl methyl sites for hydroxylation is 1. The van der Waals surface area contributed by atoms with Crippen LogP contribution in [0.2, 0.25) is 0 Å². The van der Waals surface area contributed by atoms with Gasteiger partial charge in [0.15, 0.2) is 6.39 Å². The molecule has 110 valence electrons. The van der Waals surface area contributed by atoms with E-state index in [1.165, 1.54) is 18.3 Å². The average Bonchev–Trinajstić information content (AvgIpc) is 2.90. The molecule has 1 unspecified atom stereocenters. The molecule has 21 heavy (non-hydrogen) atoms. The van der Waals surface area contributed by atoms with Crippen LogP contribution in [-0.4, -0.2) is 40.0 Å². The van der Waals surface area contributed by atoms with Crippen molar-refractivity contribution in [3.63, 3.8) is 0 Å². The van der Waals surface area contributed by atoms with Gasteiger partial charge in [-0.1, -0.05) is 30.3 Å². The average molecular weight is 288 g/mol. The lowest BCUT2D eigenvalue weighted by molar-refractivity contribution is -0.141. The lowest BCUT2D eigenvalue weighted by atomic mass is 10.0. The van der Waals surface area contributed by atoms with Crippen molar-refractivity contribution in [2.24, 2.45) is 0 Å². The monoisotopic (exact) mass is 288 g/mol. The van der Waals surface area contributed by atoms with Crippen molar-refractivity contribution in [2.45, 2.75) is 19.4 Å². The standard InChI is InChI=1S/C15H16N2O4/c1-10-13(21-9-16-10)14(18)17(2)12(15(19)20)8-11-6-4-3-5-7-11/h3-7,9,12H,8H2,1-2H3,(H,19,20). The second kappa shape index (κ2) is 6.21. The predicted molar refractivity (Wildman–Crippen MR) is 74.9 cm³/mol. The second-order valence-electron chi connectivity index (χ2n) is 4.73. The number of carboxylic acid groups (broad SMARTS) is 1. The van der Waals surface area contributed by atoms with Crippen LogP contribution in [0.15, 0.2) is 41.1 Å². The van der Waals surface area contributed by atoms with E-state index in [0.717, 1.165) is 5.56 Å². The van der Waals surface area contributed by atoms with E-state index >= 15 is 0 Å².